The zero-order valence-corrected chi connectivity index (χ0v) is 19.9. The van der Waals surface area contributed by atoms with Gasteiger partial charge in [0, 0.05) is 5.02 Å². The first-order chi connectivity index (χ1) is 14.0. The van der Waals surface area contributed by atoms with Crippen molar-refractivity contribution in [1.29, 1.82) is 0 Å². The number of halogens is 2. The summed E-state index contributed by atoms with van der Waals surface area (Å²) in [7, 11) is -2.21. The quantitative estimate of drug-likeness (QED) is 0.602. The van der Waals surface area contributed by atoms with Crippen molar-refractivity contribution < 1.29 is 17.9 Å². The van der Waals surface area contributed by atoms with Crippen molar-refractivity contribution in [3.05, 3.63) is 57.6 Å². The smallest absolute Gasteiger partial charge is 0.244 e. The van der Waals surface area contributed by atoms with Gasteiger partial charge in [-0.1, -0.05) is 42.3 Å². The van der Waals surface area contributed by atoms with Crippen molar-refractivity contribution in [1.82, 2.24) is 5.32 Å². The van der Waals surface area contributed by atoms with Gasteiger partial charge in [-0.15, -0.1) is 0 Å². The molecule has 0 radical (unpaired) electrons. The molecule has 30 heavy (non-hydrogen) atoms. The number of ether oxygens (including phenoxy) is 1. The summed E-state index contributed by atoms with van der Waals surface area (Å²) in [6.07, 6.45) is 1.65. The van der Waals surface area contributed by atoms with Crippen LogP contribution in [0.25, 0.3) is 0 Å². The molecule has 2 rings (SSSR count). The van der Waals surface area contributed by atoms with Crippen LogP contribution < -0.4 is 14.4 Å². The summed E-state index contributed by atoms with van der Waals surface area (Å²) in [5.74, 6) is 0.309. The van der Waals surface area contributed by atoms with Gasteiger partial charge in [0.2, 0.25) is 15.9 Å². The highest BCUT2D eigenvalue weighted by atomic mass is 35.5. The highest BCUT2D eigenvalue weighted by molar-refractivity contribution is 7.92. The maximum absolute atomic E-state index is 13.0. The Morgan fingerprint density at radius 2 is 1.87 bits per heavy atom. The molecule has 9 heteroatoms. The Labute approximate surface area is 188 Å². The Hall–Kier alpha value is -1.96. The minimum Gasteiger partial charge on any atom is -0.496 e. The van der Waals surface area contributed by atoms with Crippen molar-refractivity contribution >= 4 is 44.8 Å². The minimum atomic E-state index is -3.81. The number of carbonyl (C=O) groups is 1. The van der Waals surface area contributed by atoms with Crippen LogP contribution >= 0.6 is 23.2 Å². The van der Waals surface area contributed by atoms with Crippen molar-refractivity contribution in [3.8, 4) is 5.75 Å². The lowest BCUT2D eigenvalue weighted by Crippen LogP contribution is -2.48. The van der Waals surface area contributed by atoms with Gasteiger partial charge >= 0.3 is 0 Å². The zero-order chi connectivity index (χ0) is 22.6. The number of nitrogens with one attached hydrogen (secondary N) is 1. The van der Waals surface area contributed by atoms with Crippen LogP contribution in [0.5, 0.6) is 5.75 Å². The molecule has 0 saturated heterocycles. The number of benzene rings is 2. The monoisotopic (exact) mass is 472 g/mol. The van der Waals surface area contributed by atoms with Gasteiger partial charge in [-0.05, 0) is 55.7 Å². The summed E-state index contributed by atoms with van der Waals surface area (Å²) in [6.45, 7) is 5.38. The molecular formula is C21H26Cl2N2O4S. The largest absolute Gasteiger partial charge is 0.496 e. The Morgan fingerprint density at radius 1 is 1.20 bits per heavy atom. The topological polar surface area (TPSA) is 75.7 Å². The summed E-state index contributed by atoms with van der Waals surface area (Å²) < 4.78 is 31.3. The number of hydrogen-bond donors (Lipinski definition) is 1. The number of methoxy groups -OCH3 is 1. The molecule has 2 unspecified atom stereocenters. The van der Waals surface area contributed by atoms with E-state index in [0.29, 0.717) is 11.4 Å². The predicted octanol–water partition coefficient (Wildman–Crippen LogP) is 4.73. The molecule has 1 N–H and O–H groups in total. The van der Waals surface area contributed by atoms with Gasteiger partial charge in [-0.2, -0.15) is 0 Å². The van der Waals surface area contributed by atoms with E-state index in [0.717, 1.165) is 27.4 Å². The average molecular weight is 473 g/mol. The molecule has 0 bridgehead atoms. The number of nitrogens with zero attached hydrogens (tertiary/aromatic N) is 1. The second kappa shape index (κ2) is 9.90. The Kier molecular flexibility index (Phi) is 8.02. The molecule has 0 aromatic heterocycles. The number of aryl methyl sites for hydroxylation is 1. The molecular weight excluding hydrogens is 447 g/mol. The summed E-state index contributed by atoms with van der Waals surface area (Å²) in [5, 5.41) is 3.44. The Bertz CT molecular complexity index is 1030. The number of sulfonamides is 1. The van der Waals surface area contributed by atoms with E-state index in [1.165, 1.54) is 19.1 Å². The molecule has 0 aliphatic carbocycles. The lowest BCUT2D eigenvalue weighted by Gasteiger charge is -2.30. The van der Waals surface area contributed by atoms with Crippen LogP contribution in [0.1, 0.15) is 37.4 Å². The third-order valence-corrected chi connectivity index (χ3v) is 6.56. The van der Waals surface area contributed by atoms with E-state index in [2.05, 4.69) is 5.32 Å². The Morgan fingerprint density at radius 3 is 2.40 bits per heavy atom. The van der Waals surface area contributed by atoms with E-state index in [-0.39, 0.29) is 16.8 Å². The summed E-state index contributed by atoms with van der Waals surface area (Å²) in [5.41, 5.74) is 2.00. The predicted molar refractivity (Wildman–Crippen MR) is 122 cm³/mol. The fourth-order valence-corrected chi connectivity index (χ4v) is 4.87. The SMILES string of the molecule is CCC(NC(=O)C(C)N(c1cc(Cl)ccc1Cl)S(C)(=O)=O)c1ccc(OC)c(C)c1. The van der Waals surface area contributed by atoms with Gasteiger partial charge in [-0.25, -0.2) is 8.42 Å². The molecule has 0 aliphatic heterocycles. The molecule has 2 aromatic carbocycles. The second-order valence-electron chi connectivity index (χ2n) is 7.03. The summed E-state index contributed by atoms with van der Waals surface area (Å²) in [4.78, 5) is 13.0. The van der Waals surface area contributed by atoms with Crippen molar-refractivity contribution in [3.63, 3.8) is 0 Å². The molecule has 0 aliphatic rings. The van der Waals surface area contributed by atoms with Crippen molar-refractivity contribution in [2.24, 2.45) is 0 Å². The molecule has 0 spiro atoms. The van der Waals surface area contributed by atoms with E-state index < -0.39 is 22.0 Å². The third kappa shape index (κ3) is 5.59. The van der Waals surface area contributed by atoms with Crippen molar-refractivity contribution in [2.45, 2.75) is 39.3 Å². The molecule has 6 nitrogen and oxygen atoms in total. The summed E-state index contributed by atoms with van der Waals surface area (Å²) >= 11 is 12.2. The maximum Gasteiger partial charge on any atom is 0.244 e. The molecule has 0 saturated carbocycles. The molecule has 164 valence electrons. The third-order valence-electron chi connectivity index (χ3n) is 4.78. The lowest BCUT2D eigenvalue weighted by atomic mass is 10.0. The highest BCUT2D eigenvalue weighted by Crippen LogP contribution is 2.32. The van der Waals surface area contributed by atoms with Crippen LogP contribution in [0, 0.1) is 6.92 Å². The fourth-order valence-electron chi connectivity index (χ4n) is 3.27. The molecule has 2 atom stereocenters. The lowest BCUT2D eigenvalue weighted by molar-refractivity contribution is -0.122. The maximum atomic E-state index is 13.0. The van der Waals surface area contributed by atoms with Crippen LogP contribution in [0.2, 0.25) is 10.0 Å². The van der Waals surface area contributed by atoms with Gasteiger partial charge in [-0.3, -0.25) is 9.10 Å². The van der Waals surface area contributed by atoms with Crippen LogP contribution in [0.15, 0.2) is 36.4 Å². The minimum absolute atomic E-state index is 0.155. The number of anilines is 1. The van der Waals surface area contributed by atoms with Crippen molar-refractivity contribution in [2.75, 3.05) is 17.7 Å². The van der Waals surface area contributed by atoms with Crippen LogP contribution in [-0.4, -0.2) is 33.7 Å². The van der Waals surface area contributed by atoms with Crippen LogP contribution in [-0.2, 0) is 14.8 Å². The molecule has 1 amide bonds. The normalized spacial score (nSPS) is 13.4. The number of amides is 1. The highest BCUT2D eigenvalue weighted by Gasteiger charge is 2.31. The van der Waals surface area contributed by atoms with Gasteiger partial charge in [0.1, 0.15) is 11.8 Å². The standard InChI is InChI=1S/C21H26Cl2N2O4S/c1-6-18(15-7-10-20(29-4)13(2)11-15)24-21(26)14(3)25(30(5,27)28)19-12-16(22)8-9-17(19)23/h7-12,14,18H,6H2,1-5H3,(H,24,26). The van der Waals surface area contributed by atoms with E-state index in [4.69, 9.17) is 27.9 Å². The van der Waals surface area contributed by atoms with Crippen LogP contribution in [0.4, 0.5) is 5.69 Å². The Balaban J connectivity index is 2.34. The zero-order valence-electron chi connectivity index (χ0n) is 17.6. The second-order valence-corrected chi connectivity index (χ2v) is 9.73. The fraction of sp³-hybridized carbons (Fsp3) is 0.381. The van der Waals surface area contributed by atoms with Gasteiger partial charge in [0.05, 0.1) is 30.1 Å². The van der Waals surface area contributed by atoms with E-state index in [1.807, 2.05) is 32.0 Å². The van der Waals surface area contributed by atoms with Gasteiger partial charge < -0.3 is 10.1 Å². The van der Waals surface area contributed by atoms with Gasteiger partial charge in [0.25, 0.3) is 0 Å². The van der Waals surface area contributed by atoms with Gasteiger partial charge in [0.15, 0.2) is 0 Å². The van der Waals surface area contributed by atoms with E-state index in [1.54, 1.807) is 13.2 Å². The molecule has 0 heterocycles. The number of carbonyl (C=O) groups excluding carboxylic acids is 1. The molecule has 0 fully saturated rings. The first kappa shape index (κ1) is 24.3. The average Bonchev–Trinajstić information content (AvgIpc) is 2.67. The summed E-state index contributed by atoms with van der Waals surface area (Å²) in [6, 6.07) is 8.82. The number of hydrogen-bond acceptors (Lipinski definition) is 4. The first-order valence-corrected chi connectivity index (χ1v) is 12.0. The molecule has 2 aromatic rings. The van der Waals surface area contributed by atoms with E-state index >= 15 is 0 Å². The number of rotatable bonds is 8. The first-order valence-electron chi connectivity index (χ1n) is 9.39. The van der Waals surface area contributed by atoms with E-state index in [9.17, 15) is 13.2 Å². The van der Waals surface area contributed by atoms with Crippen LogP contribution in [0.3, 0.4) is 0 Å².